The first kappa shape index (κ1) is 20.1. The van der Waals surface area contributed by atoms with Crippen molar-refractivity contribution in [2.45, 2.75) is 52.6 Å². The number of aromatic nitrogens is 2. The molecule has 0 aliphatic carbocycles. The minimum atomic E-state index is -0.478. The normalized spacial score (nSPS) is 11.1. The van der Waals surface area contributed by atoms with Gasteiger partial charge in [-0.25, -0.2) is 9.37 Å². The minimum Gasteiger partial charge on any atom is -0.331 e. The van der Waals surface area contributed by atoms with Crippen molar-refractivity contribution in [2.24, 2.45) is 0 Å². The lowest BCUT2D eigenvalue weighted by molar-refractivity contribution is 0.0730. The first-order chi connectivity index (χ1) is 13.7. The largest absolute Gasteiger partial charge is 0.331 e. The number of aryl methyl sites for hydroxylation is 1. The highest BCUT2D eigenvalue weighted by molar-refractivity contribution is 5.94. The van der Waals surface area contributed by atoms with Crippen molar-refractivity contribution in [1.82, 2.24) is 14.5 Å². The summed E-state index contributed by atoms with van der Waals surface area (Å²) in [6.45, 7) is 6.07. The highest BCUT2D eigenvalue weighted by Gasteiger charge is 2.21. The molecule has 28 heavy (non-hydrogen) atoms. The summed E-state index contributed by atoms with van der Waals surface area (Å²) >= 11 is 0. The molecular formula is C23H28FN3O. The molecule has 0 saturated heterocycles. The number of benzene rings is 2. The number of rotatable bonds is 9. The molecule has 0 spiro atoms. The molecule has 1 amide bonds. The highest BCUT2D eigenvalue weighted by atomic mass is 19.1. The van der Waals surface area contributed by atoms with Gasteiger partial charge < -0.3 is 9.47 Å². The lowest BCUT2D eigenvalue weighted by Crippen LogP contribution is -2.33. The van der Waals surface area contributed by atoms with Crippen LogP contribution in [0, 0.1) is 5.82 Å². The molecule has 0 bridgehead atoms. The minimum absolute atomic E-state index is 0.120. The van der Waals surface area contributed by atoms with Gasteiger partial charge in [0.2, 0.25) is 0 Å². The average molecular weight is 381 g/mol. The maximum Gasteiger partial charge on any atom is 0.257 e. The lowest BCUT2D eigenvalue weighted by atomic mass is 10.1. The smallest absolute Gasteiger partial charge is 0.257 e. The van der Waals surface area contributed by atoms with Crippen LogP contribution in [0.4, 0.5) is 4.39 Å². The van der Waals surface area contributed by atoms with Gasteiger partial charge in [-0.05, 0) is 37.1 Å². The van der Waals surface area contributed by atoms with E-state index in [4.69, 9.17) is 4.98 Å². The summed E-state index contributed by atoms with van der Waals surface area (Å²) in [6, 6.07) is 14.2. The van der Waals surface area contributed by atoms with E-state index in [1.807, 2.05) is 18.2 Å². The van der Waals surface area contributed by atoms with Gasteiger partial charge in [0.1, 0.15) is 11.6 Å². The van der Waals surface area contributed by atoms with Gasteiger partial charge in [0.15, 0.2) is 0 Å². The van der Waals surface area contributed by atoms with Crippen molar-refractivity contribution in [3.05, 3.63) is 65.7 Å². The SMILES string of the molecule is CCCCN(Cc1nc2ccccc2n1CCCC)C(=O)c1ccccc1F. The van der Waals surface area contributed by atoms with Gasteiger partial charge >= 0.3 is 0 Å². The molecular weight excluding hydrogens is 353 g/mol. The van der Waals surface area contributed by atoms with Crippen LogP contribution in [0.25, 0.3) is 11.0 Å². The van der Waals surface area contributed by atoms with Gasteiger partial charge in [-0.2, -0.15) is 0 Å². The molecule has 0 saturated carbocycles. The van der Waals surface area contributed by atoms with E-state index >= 15 is 0 Å². The number of imidazole rings is 1. The average Bonchev–Trinajstić information content (AvgIpc) is 3.06. The molecule has 0 aliphatic rings. The third kappa shape index (κ3) is 4.41. The van der Waals surface area contributed by atoms with Crippen LogP contribution in [0.5, 0.6) is 0 Å². The molecule has 0 atom stereocenters. The summed E-state index contributed by atoms with van der Waals surface area (Å²) < 4.78 is 16.4. The van der Waals surface area contributed by atoms with Crippen LogP contribution in [-0.2, 0) is 13.1 Å². The fraction of sp³-hybridized carbons (Fsp3) is 0.391. The molecule has 3 rings (SSSR count). The molecule has 5 heteroatoms. The molecule has 0 N–H and O–H groups in total. The summed E-state index contributed by atoms with van der Waals surface area (Å²) in [4.78, 5) is 19.6. The first-order valence-corrected chi connectivity index (χ1v) is 10.1. The van der Waals surface area contributed by atoms with Gasteiger partial charge in [-0.15, -0.1) is 0 Å². The molecule has 0 fully saturated rings. The number of amides is 1. The second-order valence-electron chi connectivity index (χ2n) is 7.08. The summed E-state index contributed by atoms with van der Waals surface area (Å²) in [5.74, 6) is 0.101. The zero-order valence-electron chi connectivity index (χ0n) is 16.7. The standard InChI is InChI=1S/C23H28FN3O/c1-3-5-15-26(23(28)18-11-7-8-12-19(18)24)17-22-25-20-13-9-10-14-21(20)27(22)16-6-4-2/h7-14H,3-6,15-17H2,1-2H3. The number of carbonyl (C=O) groups excluding carboxylic acids is 1. The van der Waals surface area contributed by atoms with E-state index in [0.29, 0.717) is 13.1 Å². The number of para-hydroxylation sites is 2. The van der Waals surface area contributed by atoms with Gasteiger partial charge in [0.05, 0.1) is 23.1 Å². The van der Waals surface area contributed by atoms with Gasteiger partial charge in [-0.3, -0.25) is 4.79 Å². The summed E-state index contributed by atoms with van der Waals surface area (Å²) in [6.07, 6.45) is 3.96. The fourth-order valence-electron chi connectivity index (χ4n) is 3.39. The number of nitrogens with zero attached hydrogens (tertiary/aromatic N) is 3. The van der Waals surface area contributed by atoms with Crippen molar-refractivity contribution < 1.29 is 9.18 Å². The Kier molecular flexibility index (Phi) is 6.80. The first-order valence-electron chi connectivity index (χ1n) is 10.1. The van der Waals surface area contributed by atoms with Crippen LogP contribution in [-0.4, -0.2) is 26.9 Å². The van der Waals surface area contributed by atoms with Gasteiger partial charge in [0, 0.05) is 13.1 Å². The number of halogens is 1. The number of carbonyl (C=O) groups is 1. The van der Waals surface area contributed by atoms with E-state index in [1.54, 1.807) is 23.1 Å². The number of hydrogen-bond donors (Lipinski definition) is 0. The highest BCUT2D eigenvalue weighted by Crippen LogP contribution is 2.20. The van der Waals surface area contributed by atoms with Crippen molar-refractivity contribution >= 4 is 16.9 Å². The molecule has 1 aromatic heterocycles. The maximum atomic E-state index is 14.2. The molecule has 2 aromatic carbocycles. The van der Waals surface area contributed by atoms with E-state index in [0.717, 1.165) is 49.1 Å². The van der Waals surface area contributed by atoms with Crippen LogP contribution in [0.15, 0.2) is 48.5 Å². The van der Waals surface area contributed by atoms with Crippen LogP contribution in [0.3, 0.4) is 0 Å². The molecule has 3 aromatic rings. The molecule has 148 valence electrons. The Balaban J connectivity index is 1.94. The molecule has 4 nitrogen and oxygen atoms in total. The molecule has 1 heterocycles. The predicted molar refractivity (Wildman–Crippen MR) is 111 cm³/mol. The van der Waals surface area contributed by atoms with Crippen LogP contribution in [0.1, 0.15) is 55.7 Å². The van der Waals surface area contributed by atoms with Crippen LogP contribution < -0.4 is 0 Å². The molecule has 0 radical (unpaired) electrons. The quantitative estimate of drug-likeness (QED) is 0.496. The topological polar surface area (TPSA) is 38.1 Å². The predicted octanol–water partition coefficient (Wildman–Crippen LogP) is 5.42. The third-order valence-electron chi connectivity index (χ3n) is 4.97. The Morgan fingerprint density at radius 2 is 1.75 bits per heavy atom. The van der Waals surface area contributed by atoms with Crippen molar-refractivity contribution in [3.8, 4) is 0 Å². The summed E-state index contributed by atoms with van der Waals surface area (Å²) in [5, 5.41) is 0. The monoisotopic (exact) mass is 381 g/mol. The van der Waals surface area contributed by atoms with Crippen LogP contribution in [0.2, 0.25) is 0 Å². The van der Waals surface area contributed by atoms with Gasteiger partial charge in [0.25, 0.3) is 5.91 Å². The Labute approximate surface area is 166 Å². The Hall–Kier alpha value is -2.69. The van der Waals surface area contributed by atoms with Crippen molar-refractivity contribution in [2.75, 3.05) is 6.54 Å². The number of hydrogen-bond acceptors (Lipinski definition) is 2. The fourth-order valence-corrected chi connectivity index (χ4v) is 3.39. The summed E-state index contributed by atoms with van der Waals surface area (Å²) in [7, 11) is 0. The lowest BCUT2D eigenvalue weighted by Gasteiger charge is -2.23. The van der Waals surface area contributed by atoms with Gasteiger partial charge in [-0.1, -0.05) is 51.0 Å². The van der Waals surface area contributed by atoms with Crippen molar-refractivity contribution in [1.29, 1.82) is 0 Å². The zero-order chi connectivity index (χ0) is 19.9. The number of unbranched alkanes of at least 4 members (excludes halogenated alkanes) is 2. The van der Waals surface area contributed by atoms with E-state index in [1.165, 1.54) is 6.07 Å². The zero-order valence-corrected chi connectivity index (χ0v) is 16.7. The summed E-state index contributed by atoms with van der Waals surface area (Å²) in [5.41, 5.74) is 2.14. The maximum absolute atomic E-state index is 14.2. The Bertz CT molecular complexity index is 934. The van der Waals surface area contributed by atoms with Crippen molar-refractivity contribution in [3.63, 3.8) is 0 Å². The Morgan fingerprint density at radius 3 is 2.50 bits per heavy atom. The molecule has 0 unspecified atom stereocenters. The van der Waals surface area contributed by atoms with E-state index < -0.39 is 5.82 Å². The second-order valence-corrected chi connectivity index (χ2v) is 7.08. The Morgan fingerprint density at radius 1 is 1.04 bits per heavy atom. The van der Waals surface area contributed by atoms with E-state index in [2.05, 4.69) is 24.5 Å². The third-order valence-corrected chi connectivity index (χ3v) is 4.97. The number of fused-ring (bicyclic) bond motifs is 1. The van der Waals surface area contributed by atoms with E-state index in [-0.39, 0.29) is 11.5 Å². The van der Waals surface area contributed by atoms with Crippen LogP contribution >= 0.6 is 0 Å². The molecule has 0 aliphatic heterocycles. The second kappa shape index (κ2) is 9.49. The van der Waals surface area contributed by atoms with E-state index in [9.17, 15) is 9.18 Å².